The maximum atomic E-state index is 14.4. The fraction of sp³-hybridized carbons (Fsp3) is 0.417. The molecule has 158 valence electrons. The van der Waals surface area contributed by atoms with Crippen LogP contribution in [0.3, 0.4) is 0 Å². The summed E-state index contributed by atoms with van der Waals surface area (Å²) in [5.74, 6) is 0.156. The van der Waals surface area contributed by atoms with E-state index in [2.05, 4.69) is 11.3 Å². The standard InChI is InChI=1S/C24H26F2N2OS/c1-2-30-27-14-16-7-6-12-28(15-16)24(29)20-13-19(20)17-8-3-4-9-18(17)23-21(25)10-5-11-22(23)26/h3-5,8-11,14,16,19-20H,2,6-7,12-13,15H2,1H3. The highest BCUT2D eigenvalue weighted by atomic mass is 32.2. The Balaban J connectivity index is 1.49. The molecule has 0 bridgehead atoms. The van der Waals surface area contributed by atoms with E-state index in [0.29, 0.717) is 18.0 Å². The zero-order valence-corrected chi connectivity index (χ0v) is 17.9. The highest BCUT2D eigenvalue weighted by molar-refractivity contribution is 7.98. The lowest BCUT2D eigenvalue weighted by Gasteiger charge is -2.31. The van der Waals surface area contributed by atoms with E-state index >= 15 is 0 Å². The summed E-state index contributed by atoms with van der Waals surface area (Å²) in [4.78, 5) is 15.1. The van der Waals surface area contributed by atoms with Crippen molar-refractivity contribution in [2.75, 3.05) is 18.8 Å². The smallest absolute Gasteiger partial charge is 0.226 e. The second-order valence-electron chi connectivity index (χ2n) is 7.99. The maximum absolute atomic E-state index is 14.4. The van der Waals surface area contributed by atoms with Crippen molar-refractivity contribution in [3.8, 4) is 11.1 Å². The fourth-order valence-electron chi connectivity index (χ4n) is 4.38. The minimum Gasteiger partial charge on any atom is -0.342 e. The van der Waals surface area contributed by atoms with E-state index in [1.165, 1.54) is 30.1 Å². The Kier molecular flexibility index (Phi) is 6.52. The van der Waals surface area contributed by atoms with E-state index in [1.54, 1.807) is 12.1 Å². The van der Waals surface area contributed by atoms with Crippen LogP contribution in [0.1, 0.15) is 37.7 Å². The van der Waals surface area contributed by atoms with Crippen LogP contribution in [0.25, 0.3) is 11.1 Å². The molecule has 0 spiro atoms. The van der Waals surface area contributed by atoms with Crippen molar-refractivity contribution in [2.24, 2.45) is 16.2 Å². The Labute approximate surface area is 180 Å². The molecule has 2 aromatic carbocycles. The van der Waals surface area contributed by atoms with Gasteiger partial charge in [-0.1, -0.05) is 37.3 Å². The normalized spacial score (nSPS) is 23.7. The summed E-state index contributed by atoms with van der Waals surface area (Å²) in [6.07, 6.45) is 4.75. The third kappa shape index (κ3) is 4.43. The second kappa shape index (κ2) is 9.29. The first kappa shape index (κ1) is 21.0. The molecule has 1 saturated carbocycles. The Morgan fingerprint density at radius 3 is 2.73 bits per heavy atom. The molecule has 2 fully saturated rings. The van der Waals surface area contributed by atoms with Crippen LogP contribution in [0.4, 0.5) is 8.78 Å². The van der Waals surface area contributed by atoms with E-state index in [9.17, 15) is 13.6 Å². The van der Waals surface area contributed by atoms with Gasteiger partial charge in [0, 0.05) is 36.9 Å². The van der Waals surface area contributed by atoms with Crippen molar-refractivity contribution in [2.45, 2.75) is 32.1 Å². The first-order chi connectivity index (χ1) is 14.6. The Hall–Kier alpha value is -2.21. The molecule has 4 rings (SSSR count). The number of nitrogens with zero attached hydrogens (tertiary/aromatic N) is 2. The van der Waals surface area contributed by atoms with Crippen LogP contribution in [-0.4, -0.2) is 35.9 Å². The lowest BCUT2D eigenvalue weighted by atomic mass is 9.94. The summed E-state index contributed by atoms with van der Waals surface area (Å²) in [6, 6.07) is 11.2. The summed E-state index contributed by atoms with van der Waals surface area (Å²) < 4.78 is 33.2. The number of likely N-dealkylation sites (tertiary alicyclic amines) is 1. The number of rotatable bonds is 6. The summed E-state index contributed by atoms with van der Waals surface area (Å²) in [5, 5.41) is 0. The molecule has 0 aromatic heterocycles. The van der Waals surface area contributed by atoms with Crippen LogP contribution in [0.15, 0.2) is 46.9 Å². The molecule has 30 heavy (non-hydrogen) atoms. The predicted molar refractivity (Wildman–Crippen MR) is 119 cm³/mol. The van der Waals surface area contributed by atoms with Gasteiger partial charge >= 0.3 is 0 Å². The Morgan fingerprint density at radius 2 is 1.97 bits per heavy atom. The zero-order valence-electron chi connectivity index (χ0n) is 17.1. The van der Waals surface area contributed by atoms with E-state index in [0.717, 1.165) is 37.1 Å². The van der Waals surface area contributed by atoms with Gasteiger partial charge in [-0.15, -0.1) is 0 Å². The van der Waals surface area contributed by atoms with Crippen molar-refractivity contribution in [3.63, 3.8) is 0 Å². The van der Waals surface area contributed by atoms with Gasteiger partial charge < -0.3 is 4.90 Å². The second-order valence-corrected chi connectivity index (χ2v) is 9.04. The lowest BCUT2D eigenvalue weighted by Crippen LogP contribution is -2.41. The molecule has 1 saturated heterocycles. The number of piperidine rings is 1. The molecule has 1 heterocycles. The zero-order chi connectivity index (χ0) is 21.1. The minimum absolute atomic E-state index is 0.00567. The van der Waals surface area contributed by atoms with E-state index < -0.39 is 11.6 Å². The molecule has 0 N–H and O–H groups in total. The van der Waals surface area contributed by atoms with Crippen LogP contribution in [0, 0.1) is 23.5 Å². The summed E-state index contributed by atoms with van der Waals surface area (Å²) >= 11 is 1.53. The molecule has 3 atom stereocenters. The number of carbonyl (C=O) groups is 1. The molecular formula is C24H26F2N2OS. The average Bonchev–Trinajstić information content (AvgIpc) is 3.55. The topological polar surface area (TPSA) is 32.7 Å². The van der Waals surface area contributed by atoms with Crippen LogP contribution in [0.2, 0.25) is 0 Å². The number of hydrogen-bond donors (Lipinski definition) is 0. The molecule has 3 nitrogen and oxygen atoms in total. The van der Waals surface area contributed by atoms with Crippen molar-refractivity contribution >= 4 is 24.1 Å². The maximum Gasteiger partial charge on any atom is 0.226 e. The largest absolute Gasteiger partial charge is 0.342 e. The summed E-state index contributed by atoms with van der Waals surface area (Å²) in [6.45, 7) is 3.55. The van der Waals surface area contributed by atoms with Crippen LogP contribution in [-0.2, 0) is 4.79 Å². The fourth-order valence-corrected chi connectivity index (χ4v) is 4.79. The van der Waals surface area contributed by atoms with Crippen LogP contribution < -0.4 is 0 Å². The van der Waals surface area contributed by atoms with Crippen molar-refractivity contribution in [3.05, 3.63) is 59.7 Å². The number of carbonyl (C=O) groups excluding carboxylic acids is 1. The molecule has 1 aliphatic carbocycles. The molecule has 1 aliphatic heterocycles. The van der Waals surface area contributed by atoms with E-state index in [1.807, 2.05) is 23.2 Å². The third-order valence-corrected chi connectivity index (χ3v) is 6.47. The van der Waals surface area contributed by atoms with Crippen molar-refractivity contribution in [1.29, 1.82) is 0 Å². The minimum atomic E-state index is -0.575. The molecule has 1 amide bonds. The first-order valence-corrected chi connectivity index (χ1v) is 11.5. The number of benzene rings is 2. The van der Waals surface area contributed by atoms with E-state index in [4.69, 9.17) is 0 Å². The highest BCUT2D eigenvalue weighted by Gasteiger charge is 2.47. The Bertz CT molecular complexity index is 928. The van der Waals surface area contributed by atoms with Crippen molar-refractivity contribution < 1.29 is 13.6 Å². The Morgan fingerprint density at radius 1 is 1.20 bits per heavy atom. The van der Waals surface area contributed by atoms with Gasteiger partial charge in [0.25, 0.3) is 0 Å². The molecule has 3 unspecified atom stereocenters. The predicted octanol–water partition coefficient (Wildman–Crippen LogP) is 5.71. The quantitative estimate of drug-likeness (QED) is 0.436. The van der Waals surface area contributed by atoms with Gasteiger partial charge in [0.1, 0.15) is 11.6 Å². The lowest BCUT2D eigenvalue weighted by molar-refractivity contribution is -0.134. The summed E-state index contributed by atoms with van der Waals surface area (Å²) in [5.41, 5.74) is 1.40. The SMILES string of the molecule is CCSN=CC1CCCN(C(=O)C2CC2c2ccccc2-c2c(F)cccc2F)C1. The molecular weight excluding hydrogens is 402 g/mol. The van der Waals surface area contributed by atoms with Gasteiger partial charge in [-0.25, -0.2) is 13.2 Å². The number of halogens is 2. The van der Waals surface area contributed by atoms with Gasteiger partial charge in [-0.05, 0) is 60.4 Å². The molecule has 2 aliphatic rings. The van der Waals surface area contributed by atoms with Crippen LogP contribution >= 0.6 is 11.9 Å². The van der Waals surface area contributed by atoms with Crippen molar-refractivity contribution in [1.82, 2.24) is 4.90 Å². The average molecular weight is 429 g/mol. The van der Waals surface area contributed by atoms with Gasteiger partial charge in [0.2, 0.25) is 5.91 Å². The molecule has 2 aromatic rings. The summed E-state index contributed by atoms with van der Waals surface area (Å²) in [7, 11) is 0. The van der Waals surface area contributed by atoms with Gasteiger partial charge in [-0.2, -0.15) is 0 Å². The monoisotopic (exact) mass is 428 g/mol. The van der Waals surface area contributed by atoms with Crippen LogP contribution in [0.5, 0.6) is 0 Å². The number of amides is 1. The highest BCUT2D eigenvalue weighted by Crippen LogP contribution is 2.51. The van der Waals surface area contributed by atoms with Gasteiger partial charge in [0.15, 0.2) is 0 Å². The van der Waals surface area contributed by atoms with E-state index in [-0.39, 0.29) is 23.3 Å². The van der Waals surface area contributed by atoms with Gasteiger partial charge in [-0.3, -0.25) is 4.79 Å². The number of hydrogen-bond acceptors (Lipinski definition) is 3. The third-order valence-electron chi connectivity index (χ3n) is 5.94. The molecule has 0 radical (unpaired) electrons. The first-order valence-electron chi connectivity index (χ1n) is 10.6. The van der Waals surface area contributed by atoms with Gasteiger partial charge in [0.05, 0.1) is 5.56 Å². The molecule has 6 heteroatoms.